The third-order valence-corrected chi connectivity index (χ3v) is 4.65. The Kier molecular flexibility index (Phi) is 9.18. The lowest BCUT2D eigenvalue weighted by Crippen LogP contribution is -2.47. The van der Waals surface area contributed by atoms with Crippen LogP contribution in [0.25, 0.3) is 6.08 Å². The van der Waals surface area contributed by atoms with Gasteiger partial charge in [-0.3, -0.25) is 10.1 Å². The molecular weight excluding hydrogens is 388 g/mol. The van der Waals surface area contributed by atoms with Gasteiger partial charge >= 0.3 is 12.0 Å². The number of esters is 1. The average molecular weight is 418 g/mol. The first-order valence-electron chi connectivity index (χ1n) is 10.2. The summed E-state index contributed by atoms with van der Waals surface area (Å²) in [5.74, 6) is -0.189. The van der Waals surface area contributed by atoms with Crippen LogP contribution in [-0.2, 0) is 14.3 Å². The summed E-state index contributed by atoms with van der Waals surface area (Å²) in [4.78, 5) is 35.9. The lowest BCUT2D eigenvalue weighted by molar-refractivity contribution is -0.149. The standard InChI is InChI=1S/C22H30N2O6/c1-4-13-29-18-11-9-16(14-19(18)28-3)10-12-20(25)30-15(2)21(26)24-22(27)23-17-7-5-6-8-17/h9-12,14-15,17H,4-8,13H2,1-3H3,(H2,23,24,26,27)/b12-10+/t15-/m1/s1. The molecule has 1 saturated carbocycles. The van der Waals surface area contributed by atoms with E-state index < -0.39 is 24.0 Å². The maximum absolute atomic E-state index is 12.0. The van der Waals surface area contributed by atoms with E-state index in [0.29, 0.717) is 23.7 Å². The number of carbonyl (C=O) groups is 3. The molecule has 1 fully saturated rings. The zero-order chi connectivity index (χ0) is 21.9. The highest BCUT2D eigenvalue weighted by Crippen LogP contribution is 2.28. The fourth-order valence-corrected chi connectivity index (χ4v) is 3.06. The largest absolute Gasteiger partial charge is 0.493 e. The molecule has 8 heteroatoms. The summed E-state index contributed by atoms with van der Waals surface area (Å²) in [6.45, 7) is 4.00. The van der Waals surface area contributed by atoms with E-state index in [2.05, 4.69) is 10.6 Å². The summed E-state index contributed by atoms with van der Waals surface area (Å²) in [6, 6.07) is 4.80. The van der Waals surface area contributed by atoms with Crippen LogP contribution >= 0.6 is 0 Å². The Bertz CT molecular complexity index is 771. The van der Waals surface area contributed by atoms with Gasteiger partial charge in [0.25, 0.3) is 5.91 Å². The number of benzene rings is 1. The lowest BCUT2D eigenvalue weighted by Gasteiger charge is -2.15. The molecule has 8 nitrogen and oxygen atoms in total. The molecule has 1 aliphatic carbocycles. The molecule has 164 valence electrons. The minimum absolute atomic E-state index is 0.0920. The van der Waals surface area contributed by atoms with Crippen molar-refractivity contribution in [1.82, 2.24) is 10.6 Å². The minimum atomic E-state index is -1.10. The number of amides is 3. The molecule has 1 aromatic carbocycles. The number of rotatable bonds is 9. The van der Waals surface area contributed by atoms with Crippen LogP contribution in [-0.4, -0.2) is 43.8 Å². The van der Waals surface area contributed by atoms with Gasteiger partial charge in [0, 0.05) is 12.1 Å². The Morgan fingerprint density at radius 3 is 2.60 bits per heavy atom. The maximum atomic E-state index is 12.0. The molecule has 0 heterocycles. The normalized spacial score (nSPS) is 14.9. The first kappa shape index (κ1) is 23.3. The zero-order valence-corrected chi connectivity index (χ0v) is 17.7. The molecule has 0 aromatic heterocycles. The van der Waals surface area contributed by atoms with E-state index in [0.717, 1.165) is 32.1 Å². The van der Waals surface area contributed by atoms with Crippen molar-refractivity contribution >= 4 is 24.0 Å². The van der Waals surface area contributed by atoms with Crippen LogP contribution in [0.1, 0.15) is 51.5 Å². The summed E-state index contributed by atoms with van der Waals surface area (Å²) in [5.41, 5.74) is 0.709. The molecule has 0 saturated heterocycles. The van der Waals surface area contributed by atoms with Gasteiger partial charge in [0.05, 0.1) is 13.7 Å². The SMILES string of the molecule is CCCOc1ccc(/C=C/C(=O)O[C@H](C)C(=O)NC(=O)NC2CCCC2)cc1OC. The number of urea groups is 1. The fraction of sp³-hybridized carbons (Fsp3) is 0.500. The molecule has 0 unspecified atom stereocenters. The van der Waals surface area contributed by atoms with Crippen molar-refractivity contribution in [3.8, 4) is 11.5 Å². The van der Waals surface area contributed by atoms with Crippen molar-refractivity contribution in [3.05, 3.63) is 29.8 Å². The molecule has 30 heavy (non-hydrogen) atoms. The second-order valence-corrected chi connectivity index (χ2v) is 7.12. The Balaban J connectivity index is 1.83. The highest BCUT2D eigenvalue weighted by molar-refractivity contribution is 5.98. The minimum Gasteiger partial charge on any atom is -0.493 e. The second-order valence-electron chi connectivity index (χ2n) is 7.12. The topological polar surface area (TPSA) is 103 Å². The molecule has 0 radical (unpaired) electrons. The van der Waals surface area contributed by atoms with Crippen LogP contribution in [0.5, 0.6) is 11.5 Å². The summed E-state index contributed by atoms with van der Waals surface area (Å²) in [6.07, 6.45) is 6.50. The van der Waals surface area contributed by atoms with E-state index in [1.165, 1.54) is 13.0 Å². The Morgan fingerprint density at radius 2 is 1.93 bits per heavy atom. The van der Waals surface area contributed by atoms with Crippen LogP contribution < -0.4 is 20.1 Å². The summed E-state index contributed by atoms with van der Waals surface area (Å²) in [7, 11) is 1.54. The number of ether oxygens (including phenoxy) is 3. The van der Waals surface area contributed by atoms with Gasteiger partial charge in [-0.2, -0.15) is 0 Å². The van der Waals surface area contributed by atoms with Crippen molar-refractivity contribution in [1.29, 1.82) is 0 Å². The number of hydrogen-bond acceptors (Lipinski definition) is 6. The van der Waals surface area contributed by atoms with Gasteiger partial charge < -0.3 is 19.5 Å². The van der Waals surface area contributed by atoms with E-state index in [1.807, 2.05) is 6.92 Å². The van der Waals surface area contributed by atoms with Crippen LogP contribution in [0.15, 0.2) is 24.3 Å². The van der Waals surface area contributed by atoms with Gasteiger partial charge in [-0.1, -0.05) is 25.8 Å². The Labute approximate surface area is 176 Å². The monoisotopic (exact) mass is 418 g/mol. The summed E-state index contributed by atoms with van der Waals surface area (Å²) in [5, 5.41) is 4.95. The highest BCUT2D eigenvalue weighted by atomic mass is 16.5. The molecule has 1 atom stereocenters. The molecule has 2 rings (SSSR count). The van der Waals surface area contributed by atoms with Crippen LogP contribution in [0.3, 0.4) is 0 Å². The van der Waals surface area contributed by atoms with Crippen molar-refractivity contribution in [3.63, 3.8) is 0 Å². The lowest BCUT2D eigenvalue weighted by atomic mass is 10.2. The number of carbonyl (C=O) groups excluding carboxylic acids is 3. The summed E-state index contributed by atoms with van der Waals surface area (Å²) < 4.78 is 16.0. The molecule has 0 aliphatic heterocycles. The van der Waals surface area contributed by atoms with Gasteiger partial charge in [0.2, 0.25) is 0 Å². The van der Waals surface area contributed by atoms with Gasteiger partial charge in [0.1, 0.15) is 0 Å². The highest BCUT2D eigenvalue weighted by Gasteiger charge is 2.22. The molecule has 1 aliphatic rings. The van der Waals surface area contributed by atoms with Crippen molar-refractivity contribution < 1.29 is 28.6 Å². The quantitative estimate of drug-likeness (QED) is 0.472. The van der Waals surface area contributed by atoms with Gasteiger partial charge in [0.15, 0.2) is 17.6 Å². The van der Waals surface area contributed by atoms with E-state index in [4.69, 9.17) is 14.2 Å². The number of hydrogen-bond donors (Lipinski definition) is 2. The van der Waals surface area contributed by atoms with E-state index >= 15 is 0 Å². The predicted octanol–water partition coefficient (Wildman–Crippen LogP) is 3.20. The smallest absolute Gasteiger partial charge is 0.331 e. The molecule has 0 bridgehead atoms. The van der Waals surface area contributed by atoms with Crippen LogP contribution in [0, 0.1) is 0 Å². The third-order valence-electron chi connectivity index (χ3n) is 4.65. The van der Waals surface area contributed by atoms with Crippen LogP contribution in [0.2, 0.25) is 0 Å². The van der Waals surface area contributed by atoms with Crippen LogP contribution in [0.4, 0.5) is 4.79 Å². The van der Waals surface area contributed by atoms with Crippen molar-refractivity contribution in [2.75, 3.05) is 13.7 Å². The van der Waals surface area contributed by atoms with E-state index in [9.17, 15) is 14.4 Å². The Hall–Kier alpha value is -3.03. The zero-order valence-electron chi connectivity index (χ0n) is 17.7. The van der Waals surface area contributed by atoms with E-state index in [1.54, 1.807) is 31.4 Å². The number of imide groups is 1. The van der Waals surface area contributed by atoms with Crippen molar-refractivity contribution in [2.24, 2.45) is 0 Å². The maximum Gasteiger partial charge on any atom is 0.331 e. The number of methoxy groups -OCH3 is 1. The predicted molar refractivity (Wildman–Crippen MR) is 112 cm³/mol. The molecule has 2 N–H and O–H groups in total. The third kappa shape index (κ3) is 7.42. The molecular formula is C22H30N2O6. The molecule has 0 spiro atoms. The van der Waals surface area contributed by atoms with Gasteiger partial charge in [-0.25, -0.2) is 9.59 Å². The van der Waals surface area contributed by atoms with Crippen molar-refractivity contribution in [2.45, 2.75) is 58.1 Å². The van der Waals surface area contributed by atoms with E-state index in [-0.39, 0.29) is 6.04 Å². The van der Waals surface area contributed by atoms with Gasteiger partial charge in [-0.15, -0.1) is 0 Å². The fourth-order valence-electron chi connectivity index (χ4n) is 3.06. The number of nitrogens with one attached hydrogen (secondary N) is 2. The first-order valence-corrected chi connectivity index (χ1v) is 10.2. The second kappa shape index (κ2) is 11.8. The first-order chi connectivity index (χ1) is 14.4. The molecule has 1 aromatic rings. The summed E-state index contributed by atoms with van der Waals surface area (Å²) >= 11 is 0. The molecule has 3 amide bonds. The Morgan fingerprint density at radius 1 is 1.20 bits per heavy atom. The van der Waals surface area contributed by atoms with Gasteiger partial charge in [-0.05, 0) is 50.0 Å². The average Bonchev–Trinajstić information content (AvgIpc) is 3.23.